The van der Waals surface area contributed by atoms with Crippen molar-refractivity contribution >= 4 is 28.2 Å². The quantitative estimate of drug-likeness (QED) is 0.476. The van der Waals surface area contributed by atoms with E-state index in [0.29, 0.717) is 0 Å². The molecule has 0 aliphatic carbocycles. The third-order valence-electron chi connectivity index (χ3n) is 2.81. The van der Waals surface area contributed by atoms with Crippen LogP contribution in [0.4, 0.5) is 0 Å². The molecule has 2 aromatic carbocycles. The molecular weight excluding hydrogens is 224 g/mol. The van der Waals surface area contributed by atoms with E-state index >= 15 is 0 Å². The third-order valence-corrected chi connectivity index (χ3v) is 2.81. The van der Waals surface area contributed by atoms with E-state index in [1.165, 1.54) is 0 Å². The first-order valence-electron chi connectivity index (χ1n) is 5.73. The summed E-state index contributed by atoms with van der Waals surface area (Å²) < 4.78 is 5.82. The lowest BCUT2D eigenvalue weighted by atomic mass is 10.1. The Balaban J connectivity index is 2.28. The Hall–Kier alpha value is -2.53. The van der Waals surface area contributed by atoms with E-state index in [1.54, 1.807) is 0 Å². The highest BCUT2D eigenvalue weighted by Gasteiger charge is 2.08. The number of rotatable bonds is 1. The second-order valence-corrected chi connectivity index (χ2v) is 3.95. The van der Waals surface area contributed by atoms with E-state index < -0.39 is 0 Å². The van der Waals surface area contributed by atoms with Crippen LogP contribution in [0.5, 0.6) is 0 Å². The largest absolute Gasteiger partial charge is 0.455 e. The van der Waals surface area contributed by atoms with E-state index in [0.717, 1.165) is 33.8 Å². The molecule has 0 saturated carbocycles. The summed E-state index contributed by atoms with van der Waals surface area (Å²) in [5, 5.41) is 2.15. The van der Waals surface area contributed by atoms with Gasteiger partial charge in [-0.2, -0.15) is 0 Å². The number of benzene rings is 2. The predicted molar refractivity (Wildman–Crippen MR) is 71.3 cm³/mol. The molecule has 0 fully saturated rings. The van der Waals surface area contributed by atoms with Gasteiger partial charge in [-0.25, -0.2) is 0 Å². The summed E-state index contributed by atoms with van der Waals surface area (Å²) >= 11 is 0. The Kier molecular flexibility index (Phi) is 2.59. The van der Waals surface area contributed by atoms with Crippen molar-refractivity contribution in [1.82, 2.24) is 0 Å². The summed E-state index contributed by atoms with van der Waals surface area (Å²) in [6.45, 7) is 0. The zero-order chi connectivity index (χ0) is 12.4. The Morgan fingerprint density at radius 1 is 1.06 bits per heavy atom. The number of carbonyl (C=O) groups is 1. The molecule has 0 aliphatic heterocycles. The summed E-state index contributed by atoms with van der Waals surface area (Å²) in [6.07, 6.45) is 1.04. The molecule has 0 N–H and O–H groups in total. The molecule has 0 radical (unpaired) electrons. The minimum absolute atomic E-state index is 0.247. The summed E-state index contributed by atoms with van der Waals surface area (Å²) in [4.78, 5) is 10.3. The molecule has 3 rings (SSSR count). The van der Waals surface area contributed by atoms with Gasteiger partial charge in [0.1, 0.15) is 11.9 Å². The maximum atomic E-state index is 10.3. The van der Waals surface area contributed by atoms with E-state index in [9.17, 15) is 4.79 Å². The number of para-hydroxylation sites is 2. The standard InChI is InChI=1S/C16H10O2/c17-11-4-3-6-12-7-5-9-14-13-8-1-2-10-15(13)18-16(12)14/h1-2,5,7-11H,4H2. The zero-order valence-electron chi connectivity index (χ0n) is 9.64. The Labute approximate surface area is 104 Å². The molecule has 1 aromatic heterocycles. The lowest BCUT2D eigenvalue weighted by Crippen LogP contribution is -1.75. The van der Waals surface area contributed by atoms with Crippen LogP contribution in [0.2, 0.25) is 0 Å². The fourth-order valence-electron chi connectivity index (χ4n) is 2.03. The number of furan rings is 1. The molecule has 0 saturated heterocycles. The molecule has 86 valence electrons. The van der Waals surface area contributed by atoms with E-state index in [-0.39, 0.29) is 6.42 Å². The van der Waals surface area contributed by atoms with Crippen molar-refractivity contribution in [3.8, 4) is 11.8 Å². The van der Waals surface area contributed by atoms with Crippen molar-refractivity contribution in [3.05, 3.63) is 48.0 Å². The van der Waals surface area contributed by atoms with Crippen LogP contribution in [-0.2, 0) is 4.79 Å². The van der Waals surface area contributed by atoms with Crippen molar-refractivity contribution < 1.29 is 9.21 Å². The number of fused-ring (bicyclic) bond motifs is 3. The minimum atomic E-state index is 0.247. The highest BCUT2D eigenvalue weighted by molar-refractivity contribution is 6.06. The van der Waals surface area contributed by atoms with Gasteiger partial charge in [0.15, 0.2) is 5.58 Å². The van der Waals surface area contributed by atoms with E-state index in [4.69, 9.17) is 4.42 Å². The number of hydrogen-bond donors (Lipinski definition) is 0. The molecule has 1 heterocycles. The van der Waals surface area contributed by atoms with Gasteiger partial charge in [-0.1, -0.05) is 42.2 Å². The number of hydrogen-bond acceptors (Lipinski definition) is 2. The Morgan fingerprint density at radius 2 is 1.89 bits per heavy atom. The summed E-state index contributed by atoms with van der Waals surface area (Å²) in [5.74, 6) is 5.78. The fraction of sp³-hybridized carbons (Fsp3) is 0.0625. The molecule has 0 unspecified atom stereocenters. The van der Waals surface area contributed by atoms with Gasteiger partial charge in [-0.3, -0.25) is 0 Å². The van der Waals surface area contributed by atoms with Gasteiger partial charge in [0, 0.05) is 10.8 Å². The van der Waals surface area contributed by atoms with Gasteiger partial charge >= 0.3 is 0 Å². The first-order valence-corrected chi connectivity index (χ1v) is 5.73. The number of carbonyl (C=O) groups excluding carboxylic acids is 1. The molecular formula is C16H10O2. The van der Waals surface area contributed by atoms with E-state index in [2.05, 4.69) is 11.8 Å². The van der Waals surface area contributed by atoms with Crippen LogP contribution >= 0.6 is 0 Å². The molecule has 2 nitrogen and oxygen atoms in total. The highest BCUT2D eigenvalue weighted by Crippen LogP contribution is 2.30. The van der Waals surface area contributed by atoms with Gasteiger partial charge in [0.25, 0.3) is 0 Å². The van der Waals surface area contributed by atoms with Crippen molar-refractivity contribution in [2.75, 3.05) is 0 Å². The summed E-state index contributed by atoms with van der Waals surface area (Å²) in [7, 11) is 0. The summed E-state index contributed by atoms with van der Waals surface area (Å²) in [6, 6.07) is 13.8. The molecule has 0 aliphatic rings. The molecule has 3 aromatic rings. The average molecular weight is 234 g/mol. The van der Waals surface area contributed by atoms with Gasteiger partial charge in [0.05, 0.1) is 12.0 Å². The summed E-state index contributed by atoms with van der Waals surface area (Å²) in [5.41, 5.74) is 2.47. The highest BCUT2D eigenvalue weighted by atomic mass is 16.3. The molecule has 0 atom stereocenters. The van der Waals surface area contributed by atoms with Crippen LogP contribution in [0.25, 0.3) is 21.9 Å². The third kappa shape index (κ3) is 1.66. The number of aldehydes is 1. The molecule has 0 bridgehead atoms. The van der Waals surface area contributed by atoms with Crippen molar-refractivity contribution in [3.63, 3.8) is 0 Å². The van der Waals surface area contributed by atoms with Crippen molar-refractivity contribution in [2.24, 2.45) is 0 Å². The van der Waals surface area contributed by atoms with Crippen LogP contribution in [0.3, 0.4) is 0 Å². The zero-order valence-corrected chi connectivity index (χ0v) is 9.64. The Bertz CT molecular complexity index is 785. The minimum Gasteiger partial charge on any atom is -0.455 e. The van der Waals surface area contributed by atoms with Gasteiger partial charge < -0.3 is 9.21 Å². The van der Waals surface area contributed by atoms with Crippen LogP contribution in [0, 0.1) is 11.8 Å². The monoisotopic (exact) mass is 234 g/mol. The van der Waals surface area contributed by atoms with Crippen molar-refractivity contribution in [2.45, 2.75) is 6.42 Å². The molecule has 0 amide bonds. The topological polar surface area (TPSA) is 30.2 Å². The molecule has 0 spiro atoms. The second kappa shape index (κ2) is 4.38. The van der Waals surface area contributed by atoms with Crippen LogP contribution in [-0.4, -0.2) is 6.29 Å². The molecule has 18 heavy (non-hydrogen) atoms. The second-order valence-electron chi connectivity index (χ2n) is 3.95. The lowest BCUT2D eigenvalue weighted by molar-refractivity contribution is -0.107. The van der Waals surface area contributed by atoms with Crippen molar-refractivity contribution in [1.29, 1.82) is 0 Å². The smallest absolute Gasteiger partial charge is 0.151 e. The predicted octanol–water partition coefficient (Wildman–Crippen LogP) is 3.53. The Morgan fingerprint density at radius 3 is 2.78 bits per heavy atom. The van der Waals surface area contributed by atoms with E-state index in [1.807, 2.05) is 42.5 Å². The lowest BCUT2D eigenvalue weighted by Gasteiger charge is -1.91. The average Bonchev–Trinajstić information content (AvgIpc) is 2.79. The fourth-order valence-corrected chi connectivity index (χ4v) is 2.03. The SMILES string of the molecule is O=CCC#Cc1cccc2c1oc1ccccc12. The van der Waals surface area contributed by atoms with Crippen LogP contribution in [0.1, 0.15) is 12.0 Å². The van der Waals surface area contributed by atoms with Crippen LogP contribution < -0.4 is 0 Å². The van der Waals surface area contributed by atoms with Gasteiger partial charge in [-0.05, 0) is 12.1 Å². The van der Waals surface area contributed by atoms with Gasteiger partial charge in [0.2, 0.25) is 0 Å². The maximum Gasteiger partial charge on any atom is 0.151 e. The molecule has 2 heteroatoms. The first kappa shape index (κ1) is 10.6. The van der Waals surface area contributed by atoms with Gasteiger partial charge in [-0.15, -0.1) is 0 Å². The normalized spacial score (nSPS) is 10.2. The van der Waals surface area contributed by atoms with Crippen LogP contribution in [0.15, 0.2) is 46.9 Å². The first-order chi connectivity index (χ1) is 8.90. The maximum absolute atomic E-state index is 10.3.